The topological polar surface area (TPSA) is 0 Å². The molecular weight excluding hydrogens is 128 g/mol. The summed E-state index contributed by atoms with van der Waals surface area (Å²) in [7, 11) is 0. The van der Waals surface area contributed by atoms with Crippen molar-refractivity contribution < 1.29 is 0 Å². The molecule has 0 unspecified atom stereocenters. The first-order valence-corrected chi connectivity index (χ1v) is 3.88. The minimum Gasteiger partial charge on any atom is -0.160 e. The predicted molar refractivity (Wildman–Crippen MR) is 38.0 cm³/mol. The molecule has 0 fully saturated rings. The molecule has 0 aromatic rings. The highest BCUT2D eigenvalue weighted by Crippen LogP contribution is 2.06. The zero-order valence-corrected chi connectivity index (χ0v) is 6.14. The molecule has 42 valence electrons. The van der Waals surface area contributed by atoms with E-state index in [0.717, 1.165) is 10.8 Å². The van der Waals surface area contributed by atoms with Gasteiger partial charge in [-0.1, -0.05) is 17.7 Å². The minimum atomic E-state index is 0.938. The molecule has 0 heterocycles. The van der Waals surface area contributed by atoms with E-state index in [4.69, 9.17) is 11.6 Å². The van der Waals surface area contributed by atoms with Crippen molar-refractivity contribution in [1.29, 1.82) is 0 Å². The van der Waals surface area contributed by atoms with Gasteiger partial charge in [0.25, 0.3) is 0 Å². The third-order valence-corrected chi connectivity index (χ3v) is 1.71. The van der Waals surface area contributed by atoms with Gasteiger partial charge in [-0.2, -0.15) is 11.8 Å². The summed E-state index contributed by atoms with van der Waals surface area (Å²) in [5.41, 5.74) is 0. The van der Waals surface area contributed by atoms with Crippen molar-refractivity contribution in [2.45, 2.75) is 6.92 Å². The molecule has 0 aliphatic carbocycles. The van der Waals surface area contributed by atoms with E-state index in [0.29, 0.717) is 0 Å². The predicted octanol–water partition coefficient (Wildman–Crippen LogP) is 2.49. The fourth-order valence-electron chi connectivity index (χ4n) is 0.221. The zero-order chi connectivity index (χ0) is 5.70. The van der Waals surface area contributed by atoms with Gasteiger partial charge in [0.05, 0.1) is 0 Å². The van der Waals surface area contributed by atoms with Crippen molar-refractivity contribution in [1.82, 2.24) is 0 Å². The van der Waals surface area contributed by atoms with E-state index in [-0.39, 0.29) is 0 Å². The number of halogens is 1. The fraction of sp³-hybridized carbons (Fsp3) is 0.600. The molecule has 0 aliphatic rings. The lowest BCUT2D eigenvalue weighted by Crippen LogP contribution is -1.72. The first-order valence-electron chi connectivity index (χ1n) is 2.11. The third kappa shape index (κ3) is 4.23. The van der Waals surface area contributed by atoms with Crippen molar-refractivity contribution in [3.05, 3.63) is 11.1 Å². The first kappa shape index (κ1) is 7.38. The SMILES string of the molecule is C/C=C(\Cl)CSC. The molecule has 7 heavy (non-hydrogen) atoms. The average Bonchev–Trinajstić information content (AvgIpc) is 1.68. The van der Waals surface area contributed by atoms with E-state index in [2.05, 4.69) is 0 Å². The monoisotopic (exact) mass is 136 g/mol. The van der Waals surface area contributed by atoms with Gasteiger partial charge in [-0.05, 0) is 13.2 Å². The molecule has 0 bridgehead atoms. The second-order valence-electron chi connectivity index (χ2n) is 1.17. The fourth-order valence-corrected chi connectivity index (χ4v) is 0.991. The Labute approximate surface area is 53.9 Å². The molecule has 0 rings (SSSR count). The van der Waals surface area contributed by atoms with Crippen LogP contribution in [0.2, 0.25) is 0 Å². The van der Waals surface area contributed by atoms with Crippen molar-refractivity contribution in [2.24, 2.45) is 0 Å². The molecule has 0 aromatic carbocycles. The molecule has 0 atom stereocenters. The van der Waals surface area contributed by atoms with Crippen LogP contribution in [0.3, 0.4) is 0 Å². The molecule has 0 radical (unpaired) electrons. The summed E-state index contributed by atoms with van der Waals surface area (Å²) in [6, 6.07) is 0. The normalized spacial score (nSPS) is 12.1. The Morgan fingerprint density at radius 1 is 1.86 bits per heavy atom. The maximum Gasteiger partial charge on any atom is 0.0286 e. The summed E-state index contributed by atoms with van der Waals surface area (Å²) in [6.07, 6.45) is 3.95. The van der Waals surface area contributed by atoms with E-state index in [1.165, 1.54) is 0 Å². The number of allylic oxidation sites excluding steroid dienone is 1. The van der Waals surface area contributed by atoms with Gasteiger partial charge in [0.15, 0.2) is 0 Å². The van der Waals surface area contributed by atoms with Gasteiger partial charge >= 0.3 is 0 Å². The van der Waals surface area contributed by atoms with Crippen LogP contribution < -0.4 is 0 Å². The molecule has 0 aromatic heterocycles. The van der Waals surface area contributed by atoms with E-state index in [1.807, 2.05) is 19.3 Å². The van der Waals surface area contributed by atoms with Crippen LogP contribution in [0.5, 0.6) is 0 Å². The van der Waals surface area contributed by atoms with Gasteiger partial charge < -0.3 is 0 Å². The van der Waals surface area contributed by atoms with Crippen molar-refractivity contribution in [3.8, 4) is 0 Å². The number of hydrogen-bond donors (Lipinski definition) is 0. The maximum atomic E-state index is 5.61. The van der Waals surface area contributed by atoms with Gasteiger partial charge in [-0.25, -0.2) is 0 Å². The Bertz CT molecular complexity index is 68.5. The summed E-state index contributed by atoms with van der Waals surface area (Å²) < 4.78 is 0. The van der Waals surface area contributed by atoms with Gasteiger partial charge in [0, 0.05) is 10.8 Å². The Hall–Kier alpha value is 0.380. The average molecular weight is 137 g/mol. The summed E-state index contributed by atoms with van der Waals surface area (Å²) in [4.78, 5) is 0. The van der Waals surface area contributed by atoms with Crippen LogP contribution in [-0.2, 0) is 0 Å². The van der Waals surface area contributed by atoms with Crippen molar-refractivity contribution in [2.75, 3.05) is 12.0 Å². The van der Waals surface area contributed by atoms with Gasteiger partial charge in [-0.15, -0.1) is 0 Å². The van der Waals surface area contributed by atoms with Gasteiger partial charge in [0.2, 0.25) is 0 Å². The number of thioether (sulfide) groups is 1. The van der Waals surface area contributed by atoms with Crippen LogP contribution in [-0.4, -0.2) is 12.0 Å². The highest BCUT2D eigenvalue weighted by atomic mass is 35.5. The number of rotatable bonds is 2. The van der Waals surface area contributed by atoms with Gasteiger partial charge in [0.1, 0.15) is 0 Å². The second-order valence-corrected chi connectivity index (χ2v) is 2.52. The van der Waals surface area contributed by atoms with Crippen LogP contribution in [0, 0.1) is 0 Å². The third-order valence-electron chi connectivity index (χ3n) is 0.595. The Kier molecular flexibility index (Phi) is 4.78. The highest BCUT2D eigenvalue weighted by molar-refractivity contribution is 7.98. The maximum absolute atomic E-state index is 5.61. The lowest BCUT2D eigenvalue weighted by molar-refractivity contribution is 1.60. The van der Waals surface area contributed by atoms with Crippen LogP contribution in [0.1, 0.15) is 6.92 Å². The molecule has 0 spiro atoms. The van der Waals surface area contributed by atoms with E-state index < -0.39 is 0 Å². The van der Waals surface area contributed by atoms with Crippen molar-refractivity contribution in [3.63, 3.8) is 0 Å². The highest BCUT2D eigenvalue weighted by Gasteiger charge is 1.83. The lowest BCUT2D eigenvalue weighted by atomic mass is 10.6. The van der Waals surface area contributed by atoms with Gasteiger partial charge in [-0.3, -0.25) is 0 Å². The van der Waals surface area contributed by atoms with Crippen LogP contribution in [0.25, 0.3) is 0 Å². The Morgan fingerprint density at radius 3 is 2.57 bits per heavy atom. The Morgan fingerprint density at radius 2 is 2.43 bits per heavy atom. The summed E-state index contributed by atoms with van der Waals surface area (Å²) in [6.45, 7) is 1.94. The smallest absolute Gasteiger partial charge is 0.0286 e. The molecule has 0 saturated carbocycles. The lowest BCUT2D eigenvalue weighted by Gasteiger charge is -1.88. The Balaban J connectivity index is 3.17. The second kappa shape index (κ2) is 4.54. The molecule has 0 saturated heterocycles. The summed E-state index contributed by atoms with van der Waals surface area (Å²) >= 11 is 7.34. The quantitative estimate of drug-likeness (QED) is 0.562. The standard InChI is InChI=1S/C5H9ClS/c1-3-5(6)4-7-2/h3H,4H2,1-2H3/b5-3-. The minimum absolute atomic E-state index is 0.938. The molecule has 0 N–H and O–H groups in total. The van der Waals surface area contributed by atoms with Crippen LogP contribution >= 0.6 is 23.4 Å². The molecule has 0 amide bonds. The molecular formula is C5H9ClS. The van der Waals surface area contributed by atoms with E-state index in [1.54, 1.807) is 11.8 Å². The van der Waals surface area contributed by atoms with Crippen LogP contribution in [0.15, 0.2) is 11.1 Å². The van der Waals surface area contributed by atoms with Crippen molar-refractivity contribution >= 4 is 23.4 Å². The zero-order valence-electron chi connectivity index (χ0n) is 4.57. The van der Waals surface area contributed by atoms with Crippen LogP contribution in [0.4, 0.5) is 0 Å². The molecule has 2 heteroatoms. The first-order chi connectivity index (χ1) is 3.31. The summed E-state index contributed by atoms with van der Waals surface area (Å²) in [5, 5.41) is 0.938. The molecule has 0 aliphatic heterocycles. The number of hydrogen-bond acceptors (Lipinski definition) is 1. The molecule has 0 nitrogen and oxygen atoms in total. The van der Waals surface area contributed by atoms with E-state index >= 15 is 0 Å². The largest absolute Gasteiger partial charge is 0.160 e. The summed E-state index contributed by atoms with van der Waals surface area (Å²) in [5.74, 6) is 0.943. The van der Waals surface area contributed by atoms with E-state index in [9.17, 15) is 0 Å².